The van der Waals surface area contributed by atoms with Crippen LogP contribution in [0.1, 0.15) is 15.9 Å². The van der Waals surface area contributed by atoms with E-state index in [0.717, 1.165) is 16.7 Å². The summed E-state index contributed by atoms with van der Waals surface area (Å²) in [7, 11) is -3.30. The molecule has 0 radical (unpaired) electrons. The van der Waals surface area contributed by atoms with Crippen molar-refractivity contribution in [2.45, 2.75) is 11.8 Å². The first-order chi connectivity index (χ1) is 15.8. The van der Waals surface area contributed by atoms with Crippen LogP contribution in [0.4, 0.5) is 0 Å². The number of methoxy groups -OCH3 is 1. The lowest BCUT2D eigenvalue weighted by Gasteiger charge is -2.17. The highest BCUT2D eigenvalue weighted by molar-refractivity contribution is 7.86. The van der Waals surface area contributed by atoms with Crippen molar-refractivity contribution in [3.8, 4) is 33.4 Å². The molecule has 4 aromatic rings. The second-order valence-electron chi connectivity index (χ2n) is 7.68. The van der Waals surface area contributed by atoms with Crippen LogP contribution in [-0.4, -0.2) is 26.0 Å². The summed E-state index contributed by atoms with van der Waals surface area (Å²) in [6.45, 7) is 1.95. The smallest absolute Gasteiger partial charge is 0.337 e. The molecule has 0 bridgehead atoms. The first kappa shape index (κ1) is 22.5. The average molecular weight is 459 g/mol. The number of rotatable bonds is 5. The highest BCUT2D eigenvalue weighted by Gasteiger charge is 2.24. The molecule has 0 unspecified atom stereocenters. The number of aryl methyl sites for hydroxylation is 1. The fourth-order valence-corrected chi connectivity index (χ4v) is 4.68. The predicted octanol–water partition coefficient (Wildman–Crippen LogP) is 6.03. The zero-order chi connectivity index (χ0) is 23.6. The molecule has 0 aliphatic heterocycles. The molecule has 6 heteroatoms. The van der Waals surface area contributed by atoms with Gasteiger partial charge in [-0.1, -0.05) is 72.3 Å². The van der Waals surface area contributed by atoms with E-state index >= 15 is 0 Å². The van der Waals surface area contributed by atoms with Crippen LogP contribution >= 0.6 is 0 Å². The molecular formula is C27H22O5S. The Labute approximate surface area is 193 Å². The Morgan fingerprint density at radius 1 is 0.727 bits per heavy atom. The largest absolute Gasteiger partial charge is 0.465 e. The number of carbonyl (C=O) groups excluding carboxylic acids is 1. The fourth-order valence-electron chi connectivity index (χ4n) is 3.77. The van der Waals surface area contributed by atoms with Crippen LogP contribution in [0, 0.1) is 6.92 Å². The maximum Gasteiger partial charge on any atom is 0.337 e. The third-order valence-electron chi connectivity index (χ3n) is 5.43. The first-order valence-electron chi connectivity index (χ1n) is 10.2. The van der Waals surface area contributed by atoms with Gasteiger partial charge in [-0.2, -0.15) is 8.42 Å². The monoisotopic (exact) mass is 458 g/mol. The summed E-state index contributed by atoms with van der Waals surface area (Å²) in [5, 5.41) is 0. The van der Waals surface area contributed by atoms with Gasteiger partial charge in [-0.25, -0.2) is 4.79 Å². The van der Waals surface area contributed by atoms with E-state index in [9.17, 15) is 17.8 Å². The molecule has 33 heavy (non-hydrogen) atoms. The maximum atomic E-state index is 12.6. The lowest BCUT2D eigenvalue weighted by Crippen LogP contribution is -2.05. The van der Waals surface area contributed by atoms with E-state index in [4.69, 9.17) is 4.74 Å². The van der Waals surface area contributed by atoms with Gasteiger partial charge in [0, 0.05) is 11.1 Å². The van der Waals surface area contributed by atoms with E-state index in [-0.39, 0.29) is 4.90 Å². The summed E-state index contributed by atoms with van der Waals surface area (Å²) in [5.74, 6) is -0.491. The van der Waals surface area contributed by atoms with Gasteiger partial charge in [0.05, 0.1) is 12.7 Å². The molecule has 0 saturated carbocycles. The highest BCUT2D eigenvalue weighted by atomic mass is 32.2. The fraction of sp³-hybridized carbons (Fsp3) is 0.0741. The van der Waals surface area contributed by atoms with Gasteiger partial charge in [0.25, 0.3) is 10.1 Å². The van der Waals surface area contributed by atoms with E-state index in [1.54, 1.807) is 36.4 Å². The minimum absolute atomic E-state index is 0.183. The zero-order valence-corrected chi connectivity index (χ0v) is 19.0. The van der Waals surface area contributed by atoms with Gasteiger partial charge in [-0.15, -0.1) is 0 Å². The van der Waals surface area contributed by atoms with Gasteiger partial charge in [0.15, 0.2) is 0 Å². The summed E-state index contributed by atoms with van der Waals surface area (Å²) in [6.07, 6.45) is 0. The molecule has 0 aliphatic rings. The normalized spacial score (nSPS) is 11.2. The number of hydrogen-bond donors (Lipinski definition) is 1. The predicted molar refractivity (Wildman–Crippen MR) is 129 cm³/mol. The standard InChI is InChI=1S/C27H22O5S/c1-18-8-10-20(11-9-18)24-16-23(19-6-4-3-5-7-19)17-25(26(24)33(29,30)31)21-12-14-22(15-13-21)27(28)32-2/h3-17H,1-2H3,(H,29,30,31). The van der Waals surface area contributed by atoms with Gasteiger partial charge < -0.3 is 4.74 Å². The lowest BCUT2D eigenvalue weighted by molar-refractivity contribution is 0.0600. The van der Waals surface area contributed by atoms with Crippen molar-refractivity contribution in [2.24, 2.45) is 0 Å². The Morgan fingerprint density at radius 2 is 1.24 bits per heavy atom. The lowest BCUT2D eigenvalue weighted by atomic mass is 9.92. The summed E-state index contributed by atoms with van der Waals surface area (Å²) in [6, 6.07) is 27.0. The van der Waals surface area contributed by atoms with Crippen molar-refractivity contribution >= 4 is 16.1 Å². The van der Waals surface area contributed by atoms with Crippen molar-refractivity contribution in [3.63, 3.8) is 0 Å². The minimum Gasteiger partial charge on any atom is -0.465 e. The third kappa shape index (κ3) is 4.72. The molecule has 0 amide bonds. The molecule has 4 rings (SSSR count). The van der Waals surface area contributed by atoms with Crippen LogP contribution in [0.15, 0.2) is 95.9 Å². The molecule has 1 N–H and O–H groups in total. The van der Waals surface area contributed by atoms with Crippen LogP contribution < -0.4 is 0 Å². The molecular weight excluding hydrogens is 436 g/mol. The van der Waals surface area contributed by atoms with Crippen LogP contribution in [0.5, 0.6) is 0 Å². The molecule has 0 saturated heterocycles. The maximum absolute atomic E-state index is 12.6. The first-order valence-corrected chi connectivity index (χ1v) is 11.7. The van der Waals surface area contributed by atoms with Gasteiger partial charge in [-0.05, 0) is 53.4 Å². The van der Waals surface area contributed by atoms with Crippen molar-refractivity contribution in [3.05, 3.63) is 102 Å². The molecule has 5 nitrogen and oxygen atoms in total. The SMILES string of the molecule is COC(=O)c1ccc(-c2cc(-c3ccccc3)cc(-c3ccc(C)cc3)c2S(=O)(=O)O)cc1. The number of ether oxygens (including phenoxy) is 1. The summed E-state index contributed by atoms with van der Waals surface area (Å²) < 4.78 is 40.3. The van der Waals surface area contributed by atoms with E-state index in [2.05, 4.69) is 0 Å². The quantitative estimate of drug-likeness (QED) is 0.292. The second kappa shape index (κ2) is 9.02. The van der Waals surface area contributed by atoms with E-state index in [1.165, 1.54) is 7.11 Å². The number of carbonyl (C=O) groups is 1. The minimum atomic E-state index is -4.59. The average Bonchev–Trinajstić information content (AvgIpc) is 2.83. The van der Waals surface area contributed by atoms with Crippen molar-refractivity contribution in [1.82, 2.24) is 0 Å². The van der Waals surface area contributed by atoms with E-state index < -0.39 is 16.1 Å². The van der Waals surface area contributed by atoms with Crippen LogP contribution in [0.25, 0.3) is 33.4 Å². The molecule has 0 aliphatic carbocycles. The highest BCUT2D eigenvalue weighted by Crippen LogP contribution is 2.40. The molecule has 0 heterocycles. The molecule has 0 atom stereocenters. The zero-order valence-electron chi connectivity index (χ0n) is 18.1. The second-order valence-corrected chi connectivity index (χ2v) is 9.03. The van der Waals surface area contributed by atoms with Gasteiger partial charge in [-0.3, -0.25) is 4.55 Å². The molecule has 0 spiro atoms. The van der Waals surface area contributed by atoms with Gasteiger partial charge >= 0.3 is 5.97 Å². The summed E-state index contributed by atoms with van der Waals surface area (Å²) in [5.41, 5.74) is 5.01. The van der Waals surface area contributed by atoms with Crippen LogP contribution in [0.3, 0.4) is 0 Å². The molecule has 0 aromatic heterocycles. The van der Waals surface area contributed by atoms with Crippen molar-refractivity contribution < 1.29 is 22.5 Å². The van der Waals surface area contributed by atoms with Crippen LogP contribution in [0.2, 0.25) is 0 Å². The molecule has 166 valence electrons. The Kier molecular flexibility index (Phi) is 6.14. The topological polar surface area (TPSA) is 80.7 Å². The Morgan fingerprint density at radius 3 is 1.73 bits per heavy atom. The third-order valence-corrected chi connectivity index (χ3v) is 6.39. The Hall–Kier alpha value is -3.74. The summed E-state index contributed by atoms with van der Waals surface area (Å²) in [4.78, 5) is 11.7. The van der Waals surface area contributed by atoms with Gasteiger partial charge in [0.1, 0.15) is 4.90 Å². The Balaban J connectivity index is 2.04. The number of hydrogen-bond acceptors (Lipinski definition) is 4. The molecule has 0 fully saturated rings. The number of esters is 1. The van der Waals surface area contributed by atoms with Gasteiger partial charge in [0.2, 0.25) is 0 Å². The van der Waals surface area contributed by atoms with Crippen molar-refractivity contribution in [2.75, 3.05) is 7.11 Å². The van der Waals surface area contributed by atoms with Crippen LogP contribution in [-0.2, 0) is 14.9 Å². The summed E-state index contributed by atoms with van der Waals surface area (Å²) >= 11 is 0. The van der Waals surface area contributed by atoms with E-state index in [1.807, 2.05) is 61.5 Å². The van der Waals surface area contributed by atoms with E-state index in [0.29, 0.717) is 27.8 Å². The Bertz CT molecular complexity index is 1410. The molecule has 4 aromatic carbocycles. The number of benzene rings is 4. The van der Waals surface area contributed by atoms with Crippen molar-refractivity contribution in [1.29, 1.82) is 0 Å².